The van der Waals surface area contributed by atoms with E-state index in [0.29, 0.717) is 12.8 Å². The average molecular weight is 360 g/mol. The molecule has 7 heteroatoms. The summed E-state index contributed by atoms with van der Waals surface area (Å²) in [6.07, 6.45) is 3.72. The fourth-order valence-corrected chi connectivity index (χ4v) is 3.26. The zero-order valence-corrected chi connectivity index (χ0v) is 14.6. The van der Waals surface area contributed by atoms with E-state index in [4.69, 9.17) is 9.26 Å². The van der Waals surface area contributed by atoms with E-state index in [9.17, 15) is 14.0 Å². The lowest BCUT2D eigenvalue weighted by Gasteiger charge is -2.35. The van der Waals surface area contributed by atoms with Gasteiger partial charge < -0.3 is 14.6 Å². The van der Waals surface area contributed by atoms with E-state index < -0.39 is 23.2 Å². The molecule has 0 aliphatic heterocycles. The predicted octanol–water partition coefficient (Wildman–Crippen LogP) is 3.48. The summed E-state index contributed by atoms with van der Waals surface area (Å²) >= 11 is 0. The number of carbonyl (C=O) groups is 2. The Morgan fingerprint density at radius 2 is 2.00 bits per heavy atom. The maximum absolute atomic E-state index is 13.9. The summed E-state index contributed by atoms with van der Waals surface area (Å²) < 4.78 is 24.1. The number of carbonyl (C=O) groups excluding carboxylic acids is 2. The van der Waals surface area contributed by atoms with Crippen molar-refractivity contribution in [1.82, 2.24) is 10.5 Å². The van der Waals surface area contributed by atoms with Gasteiger partial charge in [-0.2, -0.15) is 0 Å². The minimum atomic E-state index is -1.04. The quantitative estimate of drug-likeness (QED) is 0.826. The Hall–Kier alpha value is -2.70. The smallest absolute Gasteiger partial charge is 0.331 e. The zero-order valence-electron chi connectivity index (χ0n) is 14.6. The Morgan fingerprint density at radius 1 is 1.27 bits per heavy atom. The summed E-state index contributed by atoms with van der Waals surface area (Å²) in [4.78, 5) is 25.0. The number of nitrogens with one attached hydrogen (secondary N) is 1. The van der Waals surface area contributed by atoms with Gasteiger partial charge in [0, 0.05) is 6.07 Å². The molecule has 1 aromatic carbocycles. The zero-order chi connectivity index (χ0) is 18.6. The van der Waals surface area contributed by atoms with E-state index in [2.05, 4.69) is 10.5 Å². The van der Waals surface area contributed by atoms with Crippen molar-refractivity contribution in [1.29, 1.82) is 0 Å². The summed E-state index contributed by atoms with van der Waals surface area (Å²) in [6, 6.07) is 7.44. The van der Waals surface area contributed by atoms with Crippen molar-refractivity contribution in [3.05, 3.63) is 41.8 Å². The minimum Gasteiger partial charge on any atom is -0.464 e. The Labute approximate surface area is 150 Å². The van der Waals surface area contributed by atoms with Gasteiger partial charge in [-0.05, 0) is 31.9 Å². The van der Waals surface area contributed by atoms with Crippen LogP contribution in [-0.2, 0) is 9.53 Å². The number of nitrogens with zero attached hydrogens (tertiary/aromatic N) is 1. The van der Waals surface area contributed by atoms with E-state index in [1.54, 1.807) is 25.1 Å². The molecule has 138 valence electrons. The molecule has 1 N–H and O–H groups in total. The first-order valence-electron chi connectivity index (χ1n) is 8.77. The number of halogens is 1. The largest absolute Gasteiger partial charge is 0.464 e. The van der Waals surface area contributed by atoms with Crippen LogP contribution in [0.25, 0.3) is 11.3 Å². The van der Waals surface area contributed by atoms with Gasteiger partial charge in [-0.15, -0.1) is 0 Å². The molecule has 6 nitrogen and oxygen atoms in total. The number of benzene rings is 1. The third kappa shape index (κ3) is 3.61. The number of amides is 1. The molecule has 1 fully saturated rings. The number of esters is 1. The monoisotopic (exact) mass is 360 g/mol. The number of aromatic nitrogens is 1. The van der Waals surface area contributed by atoms with E-state index >= 15 is 0 Å². The van der Waals surface area contributed by atoms with Crippen LogP contribution in [0.4, 0.5) is 4.39 Å². The molecule has 0 atom stereocenters. The summed E-state index contributed by atoms with van der Waals surface area (Å²) in [5.41, 5.74) is -0.822. The van der Waals surface area contributed by atoms with Crippen molar-refractivity contribution in [3.8, 4) is 11.3 Å². The minimum absolute atomic E-state index is 0.00231. The second-order valence-electron chi connectivity index (χ2n) is 6.37. The normalized spacial score (nSPS) is 16.1. The maximum Gasteiger partial charge on any atom is 0.331 e. The summed E-state index contributed by atoms with van der Waals surface area (Å²) in [5, 5.41) is 6.51. The van der Waals surface area contributed by atoms with Crippen LogP contribution in [0.3, 0.4) is 0 Å². The molecule has 1 aromatic heterocycles. The highest BCUT2D eigenvalue weighted by molar-refractivity contribution is 5.97. The predicted molar refractivity (Wildman–Crippen MR) is 91.8 cm³/mol. The van der Waals surface area contributed by atoms with Crippen LogP contribution >= 0.6 is 0 Å². The van der Waals surface area contributed by atoms with Crippen LogP contribution in [-0.4, -0.2) is 29.2 Å². The van der Waals surface area contributed by atoms with Gasteiger partial charge in [0.1, 0.15) is 11.4 Å². The molecule has 1 amide bonds. The first kappa shape index (κ1) is 18.1. The topological polar surface area (TPSA) is 81.4 Å². The molecule has 0 bridgehead atoms. The average Bonchev–Trinajstić information content (AvgIpc) is 3.13. The van der Waals surface area contributed by atoms with Crippen LogP contribution in [0.5, 0.6) is 0 Å². The molecule has 1 aliphatic rings. The van der Waals surface area contributed by atoms with Gasteiger partial charge in [-0.25, -0.2) is 9.18 Å². The third-order valence-corrected chi connectivity index (χ3v) is 4.61. The van der Waals surface area contributed by atoms with E-state index in [1.807, 2.05) is 0 Å². The van der Waals surface area contributed by atoms with E-state index in [0.717, 1.165) is 19.3 Å². The fraction of sp³-hybridized carbons (Fsp3) is 0.421. The lowest BCUT2D eigenvalue weighted by atomic mass is 9.81. The first-order valence-corrected chi connectivity index (χ1v) is 8.77. The fourth-order valence-electron chi connectivity index (χ4n) is 3.26. The van der Waals surface area contributed by atoms with Crippen molar-refractivity contribution in [2.45, 2.75) is 44.6 Å². The van der Waals surface area contributed by atoms with Crippen molar-refractivity contribution in [3.63, 3.8) is 0 Å². The number of hydrogen-bond donors (Lipinski definition) is 1. The van der Waals surface area contributed by atoms with Gasteiger partial charge in [-0.3, -0.25) is 4.79 Å². The van der Waals surface area contributed by atoms with Crippen molar-refractivity contribution in [2.24, 2.45) is 0 Å². The van der Waals surface area contributed by atoms with Crippen LogP contribution < -0.4 is 5.32 Å². The summed E-state index contributed by atoms with van der Waals surface area (Å²) in [6.45, 7) is 1.98. The third-order valence-electron chi connectivity index (χ3n) is 4.61. The van der Waals surface area contributed by atoms with Crippen molar-refractivity contribution < 1.29 is 23.2 Å². The van der Waals surface area contributed by atoms with Gasteiger partial charge in [0.15, 0.2) is 11.5 Å². The Balaban J connectivity index is 1.80. The highest BCUT2D eigenvalue weighted by Crippen LogP contribution is 2.30. The summed E-state index contributed by atoms with van der Waals surface area (Å²) in [7, 11) is 0. The molecular formula is C19H21FN2O4. The van der Waals surface area contributed by atoms with Crippen LogP contribution in [0.15, 0.2) is 34.9 Å². The van der Waals surface area contributed by atoms with E-state index in [1.165, 1.54) is 12.1 Å². The molecular weight excluding hydrogens is 339 g/mol. The van der Waals surface area contributed by atoms with Gasteiger partial charge in [0.25, 0.3) is 5.91 Å². The molecule has 3 rings (SSSR count). The SMILES string of the molecule is CCOC(=O)C1(NC(=O)c2cc(-c3ccccc3F)on2)CCCCC1. The van der Waals surface area contributed by atoms with Gasteiger partial charge >= 0.3 is 5.97 Å². The Bertz CT molecular complexity index is 796. The number of ether oxygens (including phenoxy) is 1. The number of hydrogen-bond acceptors (Lipinski definition) is 5. The number of rotatable bonds is 5. The van der Waals surface area contributed by atoms with Gasteiger partial charge in [0.2, 0.25) is 0 Å². The molecule has 2 aromatic rings. The molecule has 0 unspecified atom stereocenters. The standard InChI is InChI=1S/C19H21FN2O4/c1-2-25-18(24)19(10-6-3-7-11-19)21-17(23)15-12-16(26-22-15)13-8-4-5-9-14(13)20/h4-5,8-9,12H,2-3,6-7,10-11H2,1H3,(H,21,23). The molecule has 1 heterocycles. The highest BCUT2D eigenvalue weighted by atomic mass is 19.1. The lowest BCUT2D eigenvalue weighted by Crippen LogP contribution is -2.56. The van der Waals surface area contributed by atoms with Gasteiger partial charge in [0.05, 0.1) is 12.2 Å². The maximum atomic E-state index is 13.9. The first-order chi connectivity index (χ1) is 12.6. The second-order valence-corrected chi connectivity index (χ2v) is 6.37. The molecule has 1 aliphatic carbocycles. The highest BCUT2D eigenvalue weighted by Gasteiger charge is 2.42. The van der Waals surface area contributed by atoms with Crippen LogP contribution in [0.1, 0.15) is 49.5 Å². The molecule has 1 saturated carbocycles. The van der Waals surface area contributed by atoms with Crippen molar-refractivity contribution in [2.75, 3.05) is 6.61 Å². The van der Waals surface area contributed by atoms with Gasteiger partial charge in [-0.1, -0.05) is 36.6 Å². The van der Waals surface area contributed by atoms with Crippen molar-refractivity contribution >= 4 is 11.9 Å². The molecule has 0 radical (unpaired) electrons. The molecule has 0 spiro atoms. The Kier molecular flexibility index (Phi) is 5.35. The van der Waals surface area contributed by atoms with Crippen LogP contribution in [0, 0.1) is 5.82 Å². The molecule has 26 heavy (non-hydrogen) atoms. The Morgan fingerprint density at radius 3 is 2.69 bits per heavy atom. The lowest BCUT2D eigenvalue weighted by molar-refractivity contribution is -0.152. The van der Waals surface area contributed by atoms with Crippen LogP contribution in [0.2, 0.25) is 0 Å². The second kappa shape index (κ2) is 7.68. The molecule has 0 saturated heterocycles. The van der Waals surface area contributed by atoms with E-state index in [-0.39, 0.29) is 23.6 Å². The summed E-state index contributed by atoms with van der Waals surface area (Å²) in [5.74, 6) is -1.27.